The van der Waals surface area contributed by atoms with Gasteiger partial charge in [0, 0.05) is 33.1 Å². The first-order chi connectivity index (χ1) is 8.31. The minimum absolute atomic E-state index is 0.541. The molecule has 3 aromatic rings. The molecule has 2 heterocycles. The van der Waals surface area contributed by atoms with Gasteiger partial charge in [-0.15, -0.1) is 11.3 Å². The Morgan fingerprint density at radius 2 is 2.12 bits per heavy atom. The van der Waals surface area contributed by atoms with Gasteiger partial charge in [0.1, 0.15) is 0 Å². The number of thiophene rings is 1. The molecule has 0 amide bonds. The Morgan fingerprint density at radius 3 is 2.94 bits per heavy atom. The summed E-state index contributed by atoms with van der Waals surface area (Å²) in [7, 11) is 0. The monoisotopic (exact) mass is 259 g/mol. The van der Waals surface area contributed by atoms with Crippen LogP contribution in [0, 0.1) is 0 Å². The minimum atomic E-state index is 0.541. The van der Waals surface area contributed by atoms with Crippen molar-refractivity contribution in [3.8, 4) is 0 Å². The molecule has 3 rings (SSSR count). The van der Waals surface area contributed by atoms with E-state index in [1.165, 1.54) is 25.7 Å². The summed E-state index contributed by atoms with van der Waals surface area (Å²) in [6.07, 6.45) is 6.01. The van der Waals surface area contributed by atoms with Crippen molar-refractivity contribution >= 4 is 43.3 Å². The zero-order valence-electron chi connectivity index (χ0n) is 9.81. The molecule has 0 fully saturated rings. The highest BCUT2D eigenvalue weighted by atomic mass is 32.2. The van der Waals surface area contributed by atoms with E-state index in [2.05, 4.69) is 42.4 Å². The van der Waals surface area contributed by atoms with Crippen LogP contribution >= 0.6 is 23.1 Å². The van der Waals surface area contributed by atoms with Crippen LogP contribution in [0.4, 0.5) is 0 Å². The molecule has 86 valence electrons. The third kappa shape index (κ3) is 1.74. The van der Waals surface area contributed by atoms with Gasteiger partial charge in [0.2, 0.25) is 0 Å². The quantitative estimate of drug-likeness (QED) is 0.651. The number of pyridine rings is 1. The molecule has 0 N–H and O–H groups in total. The van der Waals surface area contributed by atoms with Gasteiger partial charge in [-0.05, 0) is 24.8 Å². The van der Waals surface area contributed by atoms with Crippen LogP contribution in [-0.2, 0) is 0 Å². The zero-order valence-corrected chi connectivity index (χ0v) is 11.4. The summed E-state index contributed by atoms with van der Waals surface area (Å²) in [5.41, 5.74) is 1.44. The fourth-order valence-corrected chi connectivity index (χ4v) is 3.92. The fourth-order valence-electron chi connectivity index (χ4n) is 2.12. The lowest BCUT2D eigenvalue weighted by molar-refractivity contribution is 1.13. The van der Waals surface area contributed by atoms with Crippen LogP contribution < -0.4 is 0 Å². The SMILES string of the molecule is CSC(C)c1cccc2c1sc1cnccc12. The van der Waals surface area contributed by atoms with Crippen molar-refractivity contribution in [1.29, 1.82) is 0 Å². The number of hydrogen-bond donors (Lipinski definition) is 0. The molecular formula is C14H13NS2. The largest absolute Gasteiger partial charge is 0.263 e. The summed E-state index contributed by atoms with van der Waals surface area (Å²) in [5, 5.41) is 3.24. The predicted molar refractivity (Wildman–Crippen MR) is 79.1 cm³/mol. The maximum absolute atomic E-state index is 4.21. The lowest BCUT2D eigenvalue weighted by atomic mass is 10.1. The van der Waals surface area contributed by atoms with Gasteiger partial charge in [0.05, 0.1) is 4.70 Å². The van der Waals surface area contributed by atoms with Gasteiger partial charge < -0.3 is 0 Å². The molecule has 1 atom stereocenters. The maximum atomic E-state index is 4.21. The first-order valence-electron chi connectivity index (χ1n) is 5.59. The van der Waals surface area contributed by atoms with Gasteiger partial charge in [0.15, 0.2) is 0 Å². The van der Waals surface area contributed by atoms with E-state index in [0.29, 0.717) is 5.25 Å². The summed E-state index contributed by atoms with van der Waals surface area (Å²) in [6, 6.07) is 8.73. The van der Waals surface area contributed by atoms with Crippen molar-refractivity contribution in [2.24, 2.45) is 0 Å². The predicted octanol–water partition coefficient (Wildman–Crippen LogP) is 4.87. The normalized spacial score (nSPS) is 13.3. The number of hydrogen-bond acceptors (Lipinski definition) is 3. The molecule has 0 aliphatic heterocycles. The highest BCUT2D eigenvalue weighted by Crippen LogP contribution is 2.39. The van der Waals surface area contributed by atoms with Gasteiger partial charge in [0.25, 0.3) is 0 Å². The van der Waals surface area contributed by atoms with E-state index >= 15 is 0 Å². The van der Waals surface area contributed by atoms with Gasteiger partial charge >= 0.3 is 0 Å². The number of rotatable bonds is 2. The minimum Gasteiger partial charge on any atom is -0.263 e. The third-order valence-corrected chi connectivity index (χ3v) is 5.29. The van der Waals surface area contributed by atoms with Crippen molar-refractivity contribution in [1.82, 2.24) is 4.98 Å². The number of benzene rings is 1. The molecule has 0 saturated heterocycles. The van der Waals surface area contributed by atoms with Crippen molar-refractivity contribution in [2.45, 2.75) is 12.2 Å². The van der Waals surface area contributed by atoms with E-state index in [9.17, 15) is 0 Å². The van der Waals surface area contributed by atoms with Crippen LogP contribution in [0.3, 0.4) is 0 Å². The van der Waals surface area contributed by atoms with Crippen LogP contribution in [0.15, 0.2) is 36.7 Å². The lowest BCUT2D eigenvalue weighted by Gasteiger charge is -2.09. The van der Waals surface area contributed by atoms with Crippen LogP contribution in [-0.4, -0.2) is 11.2 Å². The maximum Gasteiger partial charge on any atom is 0.0538 e. The summed E-state index contributed by atoms with van der Waals surface area (Å²) in [4.78, 5) is 4.21. The molecule has 1 unspecified atom stereocenters. The van der Waals surface area contributed by atoms with Gasteiger partial charge in [-0.3, -0.25) is 4.98 Å². The zero-order chi connectivity index (χ0) is 11.8. The second-order valence-electron chi connectivity index (χ2n) is 4.08. The van der Waals surface area contributed by atoms with Gasteiger partial charge in [-0.2, -0.15) is 11.8 Å². The Morgan fingerprint density at radius 1 is 1.24 bits per heavy atom. The number of thioether (sulfide) groups is 1. The Kier molecular flexibility index (Phi) is 2.81. The second kappa shape index (κ2) is 4.31. The molecule has 1 nitrogen and oxygen atoms in total. The van der Waals surface area contributed by atoms with Crippen molar-refractivity contribution < 1.29 is 0 Å². The summed E-state index contributed by atoms with van der Waals surface area (Å²) < 4.78 is 2.70. The molecule has 2 aromatic heterocycles. The number of nitrogens with zero attached hydrogens (tertiary/aromatic N) is 1. The van der Waals surface area contributed by atoms with Crippen LogP contribution in [0.5, 0.6) is 0 Å². The molecule has 0 spiro atoms. The van der Waals surface area contributed by atoms with Crippen LogP contribution in [0.25, 0.3) is 20.2 Å². The number of fused-ring (bicyclic) bond motifs is 3. The summed E-state index contributed by atoms with van der Waals surface area (Å²) in [6.45, 7) is 2.27. The van der Waals surface area contributed by atoms with E-state index < -0.39 is 0 Å². The van der Waals surface area contributed by atoms with E-state index in [1.54, 1.807) is 0 Å². The van der Waals surface area contributed by atoms with Gasteiger partial charge in [-0.1, -0.05) is 18.2 Å². The second-order valence-corrected chi connectivity index (χ2v) is 6.31. The average molecular weight is 259 g/mol. The first-order valence-corrected chi connectivity index (χ1v) is 7.69. The summed E-state index contributed by atoms with van der Waals surface area (Å²) >= 11 is 3.75. The Hall–Kier alpha value is -1.06. The van der Waals surface area contributed by atoms with Crippen LogP contribution in [0.2, 0.25) is 0 Å². The molecule has 0 aliphatic rings. The smallest absolute Gasteiger partial charge is 0.0538 e. The summed E-state index contributed by atoms with van der Waals surface area (Å²) in [5.74, 6) is 0. The molecule has 17 heavy (non-hydrogen) atoms. The Bertz CT molecular complexity index is 672. The lowest BCUT2D eigenvalue weighted by Crippen LogP contribution is -1.86. The molecule has 0 aliphatic carbocycles. The van der Waals surface area contributed by atoms with E-state index in [1.807, 2.05) is 35.5 Å². The first kappa shape index (κ1) is 11.1. The van der Waals surface area contributed by atoms with Crippen LogP contribution in [0.1, 0.15) is 17.7 Å². The topological polar surface area (TPSA) is 12.9 Å². The Labute approximate surface area is 109 Å². The molecule has 1 aromatic carbocycles. The molecule has 0 radical (unpaired) electrons. The highest BCUT2D eigenvalue weighted by Gasteiger charge is 2.12. The van der Waals surface area contributed by atoms with Crippen molar-refractivity contribution in [2.75, 3.05) is 6.26 Å². The van der Waals surface area contributed by atoms with Crippen molar-refractivity contribution in [3.63, 3.8) is 0 Å². The molecule has 0 saturated carbocycles. The molecular weight excluding hydrogens is 246 g/mol. The highest BCUT2D eigenvalue weighted by molar-refractivity contribution is 7.98. The standard InChI is InChI=1S/C14H13NS2/c1-9(16-2)10-4-3-5-12-11-6-7-15-8-13(11)17-14(10)12/h3-9H,1-2H3. The fraction of sp³-hybridized carbons (Fsp3) is 0.214. The van der Waals surface area contributed by atoms with E-state index in [-0.39, 0.29) is 0 Å². The van der Waals surface area contributed by atoms with Gasteiger partial charge in [-0.25, -0.2) is 0 Å². The molecule has 3 heteroatoms. The Balaban J connectivity index is 2.39. The van der Waals surface area contributed by atoms with E-state index in [0.717, 1.165) is 0 Å². The van der Waals surface area contributed by atoms with E-state index in [4.69, 9.17) is 0 Å². The van der Waals surface area contributed by atoms with Crippen molar-refractivity contribution in [3.05, 3.63) is 42.2 Å². The molecule has 0 bridgehead atoms. The third-order valence-electron chi connectivity index (χ3n) is 3.12. The average Bonchev–Trinajstić information content (AvgIpc) is 2.76. The number of aromatic nitrogens is 1.